The molecule has 1 heterocycles. The van der Waals surface area contributed by atoms with Gasteiger partial charge in [-0.25, -0.2) is 4.39 Å². The Labute approximate surface area is 119 Å². The minimum absolute atomic E-state index is 0.0945. The third-order valence-corrected chi connectivity index (χ3v) is 3.48. The van der Waals surface area contributed by atoms with Crippen molar-refractivity contribution in [2.24, 2.45) is 7.05 Å². The highest BCUT2D eigenvalue weighted by molar-refractivity contribution is 5.54. The first-order valence-electron chi connectivity index (χ1n) is 6.66. The second kappa shape index (κ2) is 6.05. The smallest absolute Gasteiger partial charge is 0.123 e. The van der Waals surface area contributed by atoms with Gasteiger partial charge in [0.2, 0.25) is 0 Å². The summed E-state index contributed by atoms with van der Waals surface area (Å²) < 4.78 is 15.3. The minimum Gasteiger partial charge on any atom is -0.370 e. The lowest BCUT2D eigenvalue weighted by molar-refractivity contribution is 0.607. The molecule has 1 atom stereocenters. The second-order valence-corrected chi connectivity index (χ2v) is 5.09. The Morgan fingerprint density at radius 3 is 2.80 bits per heavy atom. The van der Waals surface area contributed by atoms with E-state index in [0.717, 1.165) is 23.4 Å². The highest BCUT2D eigenvalue weighted by Crippen LogP contribution is 2.27. The number of nitrogens with one attached hydrogen (secondary N) is 1. The van der Waals surface area contributed by atoms with Gasteiger partial charge in [0.25, 0.3) is 0 Å². The number of hydrogen-bond acceptors (Lipinski definition) is 3. The first-order valence-corrected chi connectivity index (χ1v) is 6.66. The van der Waals surface area contributed by atoms with Crippen molar-refractivity contribution in [2.75, 3.05) is 19.0 Å². The van der Waals surface area contributed by atoms with Gasteiger partial charge in [-0.15, -0.1) is 0 Å². The number of halogens is 1. The van der Waals surface area contributed by atoms with Gasteiger partial charge in [-0.2, -0.15) is 5.10 Å². The molecule has 5 heteroatoms. The molecule has 0 fully saturated rings. The van der Waals surface area contributed by atoms with E-state index in [0.29, 0.717) is 0 Å². The zero-order chi connectivity index (χ0) is 14.7. The summed E-state index contributed by atoms with van der Waals surface area (Å²) in [6.45, 7) is 2.76. The molecule has 0 spiro atoms. The van der Waals surface area contributed by atoms with Crippen LogP contribution in [0.2, 0.25) is 0 Å². The summed E-state index contributed by atoms with van der Waals surface area (Å²) in [6, 6.07) is 5.02. The van der Waals surface area contributed by atoms with Gasteiger partial charge in [0.05, 0.1) is 6.20 Å². The lowest BCUT2D eigenvalue weighted by atomic mass is 10.0. The number of aromatic nitrogens is 2. The fourth-order valence-corrected chi connectivity index (χ4v) is 2.29. The van der Waals surface area contributed by atoms with Crippen LogP contribution >= 0.6 is 0 Å². The topological polar surface area (TPSA) is 33.1 Å². The van der Waals surface area contributed by atoms with Gasteiger partial charge in [-0.05, 0) is 37.7 Å². The van der Waals surface area contributed by atoms with Crippen molar-refractivity contribution in [2.45, 2.75) is 19.5 Å². The van der Waals surface area contributed by atoms with Crippen molar-refractivity contribution in [3.8, 4) is 0 Å². The van der Waals surface area contributed by atoms with Crippen molar-refractivity contribution in [3.05, 3.63) is 47.5 Å². The molecule has 4 nitrogen and oxygen atoms in total. The van der Waals surface area contributed by atoms with Crippen molar-refractivity contribution in [3.63, 3.8) is 0 Å². The standard InChI is InChI=1S/C15H21FN4/c1-11(17-2)14-7-13(16)5-6-15(14)19(3)9-12-8-18-20(4)10-12/h5-8,10-11,17H,9H2,1-4H3. The molecular weight excluding hydrogens is 255 g/mol. The van der Waals surface area contributed by atoms with Crippen LogP contribution < -0.4 is 10.2 Å². The van der Waals surface area contributed by atoms with Gasteiger partial charge in [-0.3, -0.25) is 4.68 Å². The molecular formula is C15H21FN4. The average Bonchev–Trinajstić information content (AvgIpc) is 2.82. The third-order valence-electron chi connectivity index (χ3n) is 3.48. The van der Waals surface area contributed by atoms with E-state index in [4.69, 9.17) is 0 Å². The van der Waals surface area contributed by atoms with E-state index in [1.54, 1.807) is 10.7 Å². The molecule has 0 bridgehead atoms. The van der Waals surface area contributed by atoms with E-state index in [1.807, 2.05) is 46.5 Å². The first-order chi connectivity index (χ1) is 9.51. The Hall–Kier alpha value is -1.88. The highest BCUT2D eigenvalue weighted by Gasteiger charge is 2.14. The molecule has 2 rings (SSSR count). The van der Waals surface area contributed by atoms with E-state index < -0.39 is 0 Å². The van der Waals surface area contributed by atoms with Crippen molar-refractivity contribution in [1.82, 2.24) is 15.1 Å². The molecule has 0 aliphatic carbocycles. The Morgan fingerprint density at radius 2 is 2.20 bits per heavy atom. The zero-order valence-corrected chi connectivity index (χ0v) is 12.4. The fraction of sp³-hybridized carbons (Fsp3) is 0.400. The molecule has 0 amide bonds. The summed E-state index contributed by atoms with van der Waals surface area (Å²) in [5.41, 5.74) is 3.11. The van der Waals surface area contributed by atoms with Crippen LogP contribution in [0.3, 0.4) is 0 Å². The maximum atomic E-state index is 13.5. The first kappa shape index (κ1) is 14.5. The molecule has 0 saturated heterocycles. The number of benzene rings is 1. The van der Waals surface area contributed by atoms with Crippen molar-refractivity contribution < 1.29 is 4.39 Å². The van der Waals surface area contributed by atoms with Crippen molar-refractivity contribution in [1.29, 1.82) is 0 Å². The molecule has 0 aliphatic rings. The van der Waals surface area contributed by atoms with Crippen LogP contribution in [0.15, 0.2) is 30.6 Å². The van der Waals surface area contributed by atoms with Gasteiger partial charge in [-0.1, -0.05) is 0 Å². The van der Waals surface area contributed by atoms with E-state index in [-0.39, 0.29) is 11.9 Å². The Kier molecular flexibility index (Phi) is 4.39. The van der Waals surface area contributed by atoms with Crippen LogP contribution in [0.25, 0.3) is 0 Å². The summed E-state index contributed by atoms with van der Waals surface area (Å²) in [4.78, 5) is 2.11. The van der Waals surface area contributed by atoms with E-state index >= 15 is 0 Å². The summed E-state index contributed by atoms with van der Waals surface area (Å²) in [5, 5.41) is 7.33. The zero-order valence-electron chi connectivity index (χ0n) is 12.4. The summed E-state index contributed by atoms with van der Waals surface area (Å²) in [7, 11) is 5.78. The van der Waals surface area contributed by atoms with Crippen molar-refractivity contribution >= 4 is 5.69 Å². The molecule has 0 saturated carbocycles. The van der Waals surface area contributed by atoms with Crippen LogP contribution in [0.4, 0.5) is 10.1 Å². The van der Waals surface area contributed by atoms with Crippen LogP contribution in [-0.2, 0) is 13.6 Å². The summed E-state index contributed by atoms with van der Waals surface area (Å²) in [5.74, 6) is -0.208. The number of aryl methyl sites for hydroxylation is 1. The number of nitrogens with zero attached hydrogens (tertiary/aromatic N) is 3. The summed E-state index contributed by atoms with van der Waals surface area (Å²) in [6.07, 6.45) is 3.84. The largest absolute Gasteiger partial charge is 0.370 e. The Balaban J connectivity index is 2.26. The Morgan fingerprint density at radius 1 is 1.45 bits per heavy atom. The van der Waals surface area contributed by atoms with E-state index in [1.165, 1.54) is 6.07 Å². The van der Waals surface area contributed by atoms with Crippen LogP contribution in [0, 0.1) is 5.82 Å². The third kappa shape index (κ3) is 3.17. The van der Waals surface area contributed by atoms with Crippen LogP contribution in [-0.4, -0.2) is 23.9 Å². The van der Waals surface area contributed by atoms with Gasteiger partial charge in [0, 0.05) is 44.1 Å². The van der Waals surface area contributed by atoms with Gasteiger partial charge in [0.15, 0.2) is 0 Å². The minimum atomic E-state index is -0.208. The molecule has 20 heavy (non-hydrogen) atoms. The lowest BCUT2D eigenvalue weighted by Crippen LogP contribution is -2.21. The maximum absolute atomic E-state index is 13.5. The predicted octanol–water partition coefficient (Wildman–Crippen LogP) is 2.48. The van der Waals surface area contributed by atoms with Gasteiger partial charge in [0.1, 0.15) is 5.82 Å². The van der Waals surface area contributed by atoms with Gasteiger partial charge < -0.3 is 10.2 Å². The predicted molar refractivity (Wildman–Crippen MR) is 79.2 cm³/mol. The normalized spacial score (nSPS) is 12.4. The maximum Gasteiger partial charge on any atom is 0.123 e. The molecule has 1 aromatic carbocycles. The van der Waals surface area contributed by atoms with E-state index in [2.05, 4.69) is 15.3 Å². The quantitative estimate of drug-likeness (QED) is 0.910. The van der Waals surface area contributed by atoms with Crippen LogP contribution in [0.1, 0.15) is 24.1 Å². The second-order valence-electron chi connectivity index (χ2n) is 5.09. The SMILES string of the molecule is CNC(C)c1cc(F)ccc1N(C)Cc1cnn(C)c1. The number of rotatable bonds is 5. The number of anilines is 1. The molecule has 0 aliphatic heterocycles. The summed E-state index contributed by atoms with van der Waals surface area (Å²) >= 11 is 0. The fourth-order valence-electron chi connectivity index (χ4n) is 2.29. The number of hydrogen-bond donors (Lipinski definition) is 1. The molecule has 1 aromatic heterocycles. The molecule has 1 N–H and O–H groups in total. The lowest BCUT2D eigenvalue weighted by Gasteiger charge is -2.24. The Bertz CT molecular complexity index is 579. The molecule has 2 aromatic rings. The molecule has 108 valence electrons. The molecule has 0 radical (unpaired) electrons. The van der Waals surface area contributed by atoms with Crippen LogP contribution in [0.5, 0.6) is 0 Å². The molecule has 1 unspecified atom stereocenters. The average molecular weight is 276 g/mol. The monoisotopic (exact) mass is 276 g/mol. The van der Waals surface area contributed by atoms with Gasteiger partial charge >= 0.3 is 0 Å². The van der Waals surface area contributed by atoms with E-state index in [9.17, 15) is 4.39 Å². The highest BCUT2D eigenvalue weighted by atomic mass is 19.1.